The molecule has 1 atom stereocenters. The van der Waals surface area contributed by atoms with Crippen LogP contribution in [0.15, 0.2) is 6.07 Å². The fourth-order valence-electron chi connectivity index (χ4n) is 3.39. The fraction of sp³-hybridized carbons (Fsp3) is 0.750. The molecular formula is C16H27N5. The van der Waals surface area contributed by atoms with Crippen molar-refractivity contribution >= 4 is 11.6 Å². The van der Waals surface area contributed by atoms with Crippen LogP contribution < -0.4 is 10.6 Å². The average molecular weight is 289 g/mol. The quantitative estimate of drug-likeness (QED) is 0.842. The maximum Gasteiger partial charge on any atom is 0.132 e. The third kappa shape index (κ3) is 3.46. The molecule has 0 aliphatic carbocycles. The van der Waals surface area contributed by atoms with E-state index in [9.17, 15) is 0 Å². The first-order chi connectivity index (χ1) is 10.3. The molecule has 1 aromatic rings. The van der Waals surface area contributed by atoms with Crippen molar-refractivity contribution < 1.29 is 0 Å². The monoisotopic (exact) mass is 289 g/mol. The Hall–Kier alpha value is -1.36. The second kappa shape index (κ2) is 6.60. The Morgan fingerprint density at radius 3 is 2.57 bits per heavy atom. The van der Waals surface area contributed by atoms with Gasteiger partial charge in [0.2, 0.25) is 0 Å². The molecule has 0 spiro atoms. The molecule has 0 amide bonds. The number of hydrogen-bond donors (Lipinski definition) is 2. The minimum atomic E-state index is 0.547. The van der Waals surface area contributed by atoms with E-state index >= 15 is 0 Å². The lowest BCUT2D eigenvalue weighted by atomic mass is 9.84. The van der Waals surface area contributed by atoms with Gasteiger partial charge in [-0.2, -0.15) is 0 Å². The lowest BCUT2D eigenvalue weighted by Crippen LogP contribution is -2.53. The number of piperidine rings is 3. The summed E-state index contributed by atoms with van der Waals surface area (Å²) in [7, 11) is 0. The van der Waals surface area contributed by atoms with Gasteiger partial charge in [0, 0.05) is 31.6 Å². The van der Waals surface area contributed by atoms with Crippen LogP contribution >= 0.6 is 0 Å². The molecule has 3 aliphatic heterocycles. The summed E-state index contributed by atoms with van der Waals surface area (Å²) in [5, 5.41) is 7.05. The Bertz CT molecular complexity index is 468. The Labute approximate surface area is 127 Å². The molecule has 2 bridgehead atoms. The summed E-state index contributed by atoms with van der Waals surface area (Å²) in [6.07, 6.45) is 4.62. The molecule has 3 aliphatic rings. The van der Waals surface area contributed by atoms with E-state index in [2.05, 4.69) is 45.4 Å². The van der Waals surface area contributed by atoms with Crippen LogP contribution in [0.2, 0.25) is 0 Å². The van der Waals surface area contributed by atoms with E-state index in [0.29, 0.717) is 6.04 Å². The molecule has 4 rings (SSSR count). The van der Waals surface area contributed by atoms with Gasteiger partial charge in [0.1, 0.15) is 17.5 Å². The molecule has 1 aromatic heterocycles. The molecule has 3 saturated heterocycles. The SMILES string of the molecule is CCCNc1cc(NC2CN3CCC2CC3)nc(CC)n1. The summed E-state index contributed by atoms with van der Waals surface area (Å²) in [6.45, 7) is 8.94. The summed E-state index contributed by atoms with van der Waals surface area (Å²) < 4.78 is 0. The van der Waals surface area contributed by atoms with Gasteiger partial charge in [-0.3, -0.25) is 0 Å². The van der Waals surface area contributed by atoms with Crippen molar-refractivity contribution in [1.82, 2.24) is 14.9 Å². The largest absolute Gasteiger partial charge is 0.370 e. The third-order valence-electron chi connectivity index (χ3n) is 4.63. The molecule has 5 heteroatoms. The summed E-state index contributed by atoms with van der Waals surface area (Å²) in [5.41, 5.74) is 0. The molecule has 0 aromatic carbocycles. The van der Waals surface area contributed by atoms with Crippen molar-refractivity contribution in [3.05, 3.63) is 11.9 Å². The van der Waals surface area contributed by atoms with Gasteiger partial charge >= 0.3 is 0 Å². The Morgan fingerprint density at radius 1 is 1.19 bits per heavy atom. The van der Waals surface area contributed by atoms with Crippen LogP contribution in [0.5, 0.6) is 0 Å². The molecular weight excluding hydrogens is 262 g/mol. The molecule has 2 N–H and O–H groups in total. The van der Waals surface area contributed by atoms with E-state index in [1.54, 1.807) is 0 Å². The van der Waals surface area contributed by atoms with E-state index in [0.717, 1.165) is 49.3 Å². The summed E-state index contributed by atoms with van der Waals surface area (Å²) in [5.74, 6) is 3.66. The van der Waals surface area contributed by atoms with Crippen LogP contribution in [-0.4, -0.2) is 47.1 Å². The van der Waals surface area contributed by atoms with Crippen LogP contribution in [0.4, 0.5) is 11.6 Å². The van der Waals surface area contributed by atoms with Gasteiger partial charge in [0.25, 0.3) is 0 Å². The van der Waals surface area contributed by atoms with E-state index in [-0.39, 0.29) is 0 Å². The first kappa shape index (κ1) is 14.6. The molecule has 116 valence electrons. The van der Waals surface area contributed by atoms with Gasteiger partial charge in [-0.1, -0.05) is 13.8 Å². The van der Waals surface area contributed by atoms with Gasteiger partial charge in [0.15, 0.2) is 0 Å². The van der Waals surface area contributed by atoms with Gasteiger partial charge in [-0.15, -0.1) is 0 Å². The summed E-state index contributed by atoms with van der Waals surface area (Å²) in [6, 6.07) is 2.61. The Kier molecular flexibility index (Phi) is 4.58. The molecule has 0 saturated carbocycles. The molecule has 0 radical (unpaired) electrons. The number of aryl methyl sites for hydroxylation is 1. The van der Waals surface area contributed by atoms with Crippen molar-refractivity contribution in [1.29, 1.82) is 0 Å². The van der Waals surface area contributed by atoms with Crippen molar-refractivity contribution in [2.24, 2.45) is 5.92 Å². The number of aromatic nitrogens is 2. The van der Waals surface area contributed by atoms with Crippen molar-refractivity contribution in [3.63, 3.8) is 0 Å². The zero-order valence-corrected chi connectivity index (χ0v) is 13.2. The lowest BCUT2D eigenvalue weighted by Gasteiger charge is -2.45. The number of nitrogens with one attached hydrogen (secondary N) is 2. The van der Waals surface area contributed by atoms with Crippen LogP contribution in [0.3, 0.4) is 0 Å². The molecule has 5 nitrogen and oxygen atoms in total. The highest BCUT2D eigenvalue weighted by atomic mass is 15.2. The molecule has 1 unspecified atom stereocenters. The normalized spacial score (nSPS) is 27.6. The van der Waals surface area contributed by atoms with Crippen LogP contribution in [-0.2, 0) is 6.42 Å². The second-order valence-electron chi connectivity index (χ2n) is 6.22. The number of hydrogen-bond acceptors (Lipinski definition) is 5. The van der Waals surface area contributed by atoms with E-state index in [4.69, 9.17) is 0 Å². The zero-order chi connectivity index (χ0) is 14.7. The lowest BCUT2D eigenvalue weighted by molar-refractivity contribution is 0.0974. The van der Waals surface area contributed by atoms with Crippen molar-refractivity contribution in [2.45, 2.75) is 45.6 Å². The predicted molar refractivity (Wildman–Crippen MR) is 86.8 cm³/mol. The standard InChI is InChI=1S/C16H27N5/c1-3-7-17-15-10-16(20-14(4-2)19-15)18-13-11-21-8-5-12(13)6-9-21/h10,12-13H,3-9,11H2,1-2H3,(H2,17,18,19,20). The second-order valence-corrected chi connectivity index (χ2v) is 6.22. The molecule has 21 heavy (non-hydrogen) atoms. The van der Waals surface area contributed by atoms with Crippen molar-refractivity contribution in [3.8, 4) is 0 Å². The van der Waals surface area contributed by atoms with Crippen molar-refractivity contribution in [2.75, 3.05) is 36.8 Å². The maximum absolute atomic E-state index is 4.66. The minimum Gasteiger partial charge on any atom is -0.370 e. The molecule has 3 fully saturated rings. The fourth-order valence-corrected chi connectivity index (χ4v) is 3.39. The summed E-state index contributed by atoms with van der Waals surface area (Å²) >= 11 is 0. The number of anilines is 2. The summed E-state index contributed by atoms with van der Waals surface area (Å²) in [4.78, 5) is 11.8. The van der Waals surface area contributed by atoms with E-state index < -0.39 is 0 Å². The number of rotatable bonds is 6. The Balaban J connectivity index is 1.71. The van der Waals surface area contributed by atoms with Gasteiger partial charge in [-0.25, -0.2) is 9.97 Å². The molecule has 4 heterocycles. The van der Waals surface area contributed by atoms with Gasteiger partial charge in [-0.05, 0) is 38.3 Å². The first-order valence-electron chi connectivity index (χ1n) is 8.39. The zero-order valence-electron chi connectivity index (χ0n) is 13.2. The van der Waals surface area contributed by atoms with Gasteiger partial charge < -0.3 is 15.5 Å². The van der Waals surface area contributed by atoms with Gasteiger partial charge in [0.05, 0.1) is 0 Å². The Morgan fingerprint density at radius 2 is 1.95 bits per heavy atom. The predicted octanol–water partition coefficient (Wildman–Crippen LogP) is 2.37. The number of fused-ring (bicyclic) bond motifs is 3. The van der Waals surface area contributed by atoms with E-state index in [1.165, 1.54) is 25.9 Å². The highest BCUT2D eigenvalue weighted by Crippen LogP contribution is 2.29. The smallest absolute Gasteiger partial charge is 0.132 e. The number of nitrogens with zero attached hydrogens (tertiary/aromatic N) is 3. The van der Waals surface area contributed by atoms with Crippen LogP contribution in [0.25, 0.3) is 0 Å². The van der Waals surface area contributed by atoms with Crippen LogP contribution in [0.1, 0.15) is 38.9 Å². The highest BCUT2D eigenvalue weighted by Gasteiger charge is 2.34. The van der Waals surface area contributed by atoms with E-state index in [1.807, 2.05) is 0 Å². The minimum absolute atomic E-state index is 0.547. The average Bonchev–Trinajstić information content (AvgIpc) is 2.54. The maximum atomic E-state index is 4.66. The van der Waals surface area contributed by atoms with Crippen LogP contribution in [0, 0.1) is 5.92 Å². The highest BCUT2D eigenvalue weighted by molar-refractivity contribution is 5.48. The third-order valence-corrected chi connectivity index (χ3v) is 4.63. The first-order valence-corrected chi connectivity index (χ1v) is 8.39. The topological polar surface area (TPSA) is 53.1 Å².